The number of rotatable bonds is 8. The number of benzene rings is 2. The van der Waals surface area contributed by atoms with Gasteiger partial charge in [0, 0.05) is 17.1 Å². The van der Waals surface area contributed by atoms with Crippen LogP contribution < -0.4 is 10.1 Å². The first-order valence-electron chi connectivity index (χ1n) is 9.84. The smallest absolute Gasteiger partial charge is 0.261 e. The van der Waals surface area contributed by atoms with Gasteiger partial charge in [-0.05, 0) is 66.9 Å². The van der Waals surface area contributed by atoms with Gasteiger partial charge in [-0.2, -0.15) is 0 Å². The summed E-state index contributed by atoms with van der Waals surface area (Å²) in [4.78, 5) is 27.7. The van der Waals surface area contributed by atoms with Crippen molar-refractivity contribution in [3.8, 4) is 5.75 Å². The molecule has 0 saturated heterocycles. The lowest BCUT2D eigenvalue weighted by Crippen LogP contribution is -2.54. The molecule has 162 valence electrons. The van der Waals surface area contributed by atoms with Crippen LogP contribution in [0.3, 0.4) is 0 Å². The molecular weight excluding hydrogens is 468 g/mol. The highest BCUT2D eigenvalue weighted by atomic mass is 79.9. The van der Waals surface area contributed by atoms with Crippen molar-refractivity contribution in [1.29, 1.82) is 0 Å². The maximum absolute atomic E-state index is 13.1. The van der Waals surface area contributed by atoms with Crippen LogP contribution in [0, 0.1) is 0 Å². The third kappa shape index (κ3) is 7.33. The zero-order valence-electron chi connectivity index (χ0n) is 17.7. The molecule has 0 heterocycles. The normalized spacial score (nSPS) is 12.2. The zero-order valence-corrected chi connectivity index (χ0v) is 20.1. The van der Waals surface area contributed by atoms with Crippen LogP contribution in [0.5, 0.6) is 5.75 Å². The first-order valence-corrected chi connectivity index (χ1v) is 11.0. The highest BCUT2D eigenvalue weighted by Crippen LogP contribution is 2.28. The van der Waals surface area contributed by atoms with Crippen LogP contribution in [-0.4, -0.2) is 34.9 Å². The molecule has 0 aliphatic rings. The van der Waals surface area contributed by atoms with E-state index < -0.39 is 11.6 Å². The van der Waals surface area contributed by atoms with Gasteiger partial charge in [0.25, 0.3) is 5.91 Å². The Morgan fingerprint density at radius 3 is 2.40 bits per heavy atom. The summed E-state index contributed by atoms with van der Waals surface area (Å²) in [5.74, 6) is 0.0677. The van der Waals surface area contributed by atoms with E-state index in [0.717, 1.165) is 5.56 Å². The van der Waals surface area contributed by atoms with E-state index in [1.807, 2.05) is 58.0 Å². The van der Waals surface area contributed by atoms with Gasteiger partial charge < -0.3 is 15.0 Å². The lowest BCUT2D eigenvalue weighted by atomic mass is 10.1. The first-order chi connectivity index (χ1) is 14.1. The fourth-order valence-corrected chi connectivity index (χ4v) is 3.76. The molecule has 1 unspecified atom stereocenters. The minimum atomic E-state index is -0.603. The van der Waals surface area contributed by atoms with E-state index in [0.29, 0.717) is 28.2 Å². The van der Waals surface area contributed by atoms with Crippen LogP contribution in [-0.2, 0) is 16.1 Å². The predicted octanol–water partition coefficient (Wildman–Crippen LogP) is 5.20. The summed E-state index contributed by atoms with van der Waals surface area (Å²) in [5.41, 5.74) is 0.553. The van der Waals surface area contributed by atoms with Crippen LogP contribution in [0.25, 0.3) is 0 Å². The van der Waals surface area contributed by atoms with Crippen LogP contribution >= 0.6 is 27.5 Å². The van der Waals surface area contributed by atoms with Crippen molar-refractivity contribution in [3.05, 3.63) is 63.6 Å². The van der Waals surface area contributed by atoms with Gasteiger partial charge in [0.05, 0.1) is 4.47 Å². The lowest BCUT2D eigenvalue weighted by molar-refractivity contribution is -0.143. The lowest BCUT2D eigenvalue weighted by Gasteiger charge is -2.33. The second kappa shape index (κ2) is 10.8. The molecule has 1 atom stereocenters. The number of halogens is 2. The van der Waals surface area contributed by atoms with E-state index in [9.17, 15) is 9.59 Å². The molecule has 0 aromatic heterocycles. The molecular formula is C23H28BrClN2O3. The van der Waals surface area contributed by atoms with Crippen molar-refractivity contribution in [2.24, 2.45) is 0 Å². The highest BCUT2D eigenvalue weighted by molar-refractivity contribution is 9.10. The predicted molar refractivity (Wildman–Crippen MR) is 124 cm³/mol. The Hall–Kier alpha value is -2.05. The third-order valence-electron chi connectivity index (χ3n) is 4.32. The molecule has 7 heteroatoms. The topological polar surface area (TPSA) is 58.6 Å². The summed E-state index contributed by atoms with van der Waals surface area (Å²) >= 11 is 9.35. The van der Waals surface area contributed by atoms with Crippen LogP contribution in [0.2, 0.25) is 5.02 Å². The molecule has 2 rings (SSSR count). The molecule has 0 radical (unpaired) electrons. The van der Waals surface area contributed by atoms with Gasteiger partial charge in [-0.1, -0.05) is 48.9 Å². The quantitative estimate of drug-likeness (QED) is 0.547. The maximum atomic E-state index is 13.1. The van der Waals surface area contributed by atoms with Crippen molar-refractivity contribution in [2.75, 3.05) is 6.61 Å². The molecule has 5 nitrogen and oxygen atoms in total. The second-order valence-corrected chi connectivity index (χ2v) is 9.32. The van der Waals surface area contributed by atoms with Crippen molar-refractivity contribution >= 4 is 39.3 Å². The van der Waals surface area contributed by atoms with Gasteiger partial charge in [0.15, 0.2) is 6.61 Å². The van der Waals surface area contributed by atoms with Gasteiger partial charge in [-0.15, -0.1) is 0 Å². The standard InChI is InChI=1S/C23H28BrClN2O3/c1-5-19(22(29)26-23(2,3)4)27(14-16-9-7-6-8-10-16)21(28)15-30-20-12-11-17(25)13-18(20)24/h6-13,19H,5,14-15H2,1-4H3,(H,26,29). The number of nitrogens with one attached hydrogen (secondary N) is 1. The Morgan fingerprint density at radius 1 is 1.17 bits per heavy atom. The summed E-state index contributed by atoms with van der Waals surface area (Å²) < 4.78 is 6.38. The molecule has 1 N–H and O–H groups in total. The maximum Gasteiger partial charge on any atom is 0.261 e. The van der Waals surface area contributed by atoms with E-state index in [2.05, 4.69) is 21.2 Å². The minimum absolute atomic E-state index is 0.179. The fourth-order valence-electron chi connectivity index (χ4n) is 2.97. The summed E-state index contributed by atoms with van der Waals surface area (Å²) in [7, 11) is 0. The molecule has 30 heavy (non-hydrogen) atoms. The van der Waals surface area contributed by atoms with Gasteiger partial charge in [-0.3, -0.25) is 9.59 Å². The fraction of sp³-hybridized carbons (Fsp3) is 0.391. The molecule has 2 aromatic rings. The van der Waals surface area contributed by atoms with Gasteiger partial charge >= 0.3 is 0 Å². The van der Waals surface area contributed by atoms with Crippen molar-refractivity contribution in [1.82, 2.24) is 10.2 Å². The Balaban J connectivity index is 2.22. The average molecular weight is 496 g/mol. The Bertz CT molecular complexity index is 868. The molecule has 0 saturated carbocycles. The monoisotopic (exact) mass is 494 g/mol. The zero-order chi connectivity index (χ0) is 22.3. The van der Waals surface area contributed by atoms with Crippen molar-refractivity contribution in [3.63, 3.8) is 0 Å². The first kappa shape index (κ1) is 24.2. The number of ether oxygens (including phenoxy) is 1. The second-order valence-electron chi connectivity index (χ2n) is 8.03. The summed E-state index contributed by atoms with van der Waals surface area (Å²) in [6, 6.07) is 14.1. The van der Waals surface area contributed by atoms with Crippen molar-refractivity contribution < 1.29 is 14.3 Å². The van der Waals surface area contributed by atoms with Crippen molar-refractivity contribution in [2.45, 2.75) is 52.2 Å². The van der Waals surface area contributed by atoms with E-state index in [1.165, 1.54) is 0 Å². The Kier molecular flexibility index (Phi) is 8.74. The van der Waals surface area contributed by atoms with Gasteiger partial charge in [0.2, 0.25) is 5.91 Å². The van der Waals surface area contributed by atoms with Crippen LogP contribution in [0.4, 0.5) is 0 Å². The van der Waals surface area contributed by atoms with E-state index in [4.69, 9.17) is 16.3 Å². The molecule has 0 aliphatic carbocycles. The number of hydrogen-bond acceptors (Lipinski definition) is 3. The van der Waals surface area contributed by atoms with E-state index >= 15 is 0 Å². The summed E-state index contributed by atoms with van der Waals surface area (Å²) in [5, 5.41) is 3.55. The molecule has 2 amide bonds. The molecule has 0 spiro atoms. The van der Waals surface area contributed by atoms with Gasteiger partial charge in [0.1, 0.15) is 11.8 Å². The number of hydrogen-bond donors (Lipinski definition) is 1. The van der Waals surface area contributed by atoms with Gasteiger partial charge in [-0.25, -0.2) is 0 Å². The third-order valence-corrected chi connectivity index (χ3v) is 5.18. The molecule has 0 aliphatic heterocycles. The summed E-state index contributed by atoms with van der Waals surface area (Å²) in [6.45, 7) is 7.79. The number of carbonyl (C=O) groups excluding carboxylic acids is 2. The number of nitrogens with zero attached hydrogens (tertiary/aromatic N) is 1. The Labute approximate surface area is 191 Å². The summed E-state index contributed by atoms with van der Waals surface area (Å²) in [6.07, 6.45) is 0.491. The largest absolute Gasteiger partial charge is 0.483 e. The van der Waals surface area contributed by atoms with Crippen LogP contribution in [0.15, 0.2) is 53.0 Å². The van der Waals surface area contributed by atoms with E-state index in [1.54, 1.807) is 23.1 Å². The molecule has 0 fully saturated rings. The van der Waals surface area contributed by atoms with Crippen LogP contribution in [0.1, 0.15) is 39.7 Å². The number of amides is 2. The number of carbonyl (C=O) groups is 2. The molecule has 2 aromatic carbocycles. The Morgan fingerprint density at radius 2 is 1.83 bits per heavy atom. The average Bonchev–Trinajstić information content (AvgIpc) is 2.66. The highest BCUT2D eigenvalue weighted by Gasteiger charge is 2.30. The molecule has 0 bridgehead atoms. The van der Waals surface area contributed by atoms with E-state index in [-0.39, 0.29) is 18.4 Å². The SMILES string of the molecule is CCC(C(=O)NC(C)(C)C)N(Cc1ccccc1)C(=O)COc1ccc(Cl)cc1Br. The minimum Gasteiger partial charge on any atom is -0.483 e.